The number of aliphatic carboxylic acids is 1. The molecule has 2 N–H and O–H groups in total. The topological polar surface area (TPSA) is 60.8 Å². The van der Waals surface area contributed by atoms with E-state index >= 15 is 0 Å². The van der Waals surface area contributed by atoms with Gasteiger partial charge in [0.1, 0.15) is 5.75 Å². The first kappa shape index (κ1) is 15.5. The van der Waals surface area contributed by atoms with E-state index in [0.717, 1.165) is 12.0 Å². The summed E-state index contributed by atoms with van der Waals surface area (Å²) in [5.41, 5.74) is 0.888. The smallest absolute Gasteiger partial charge is 0.317 e. The van der Waals surface area contributed by atoms with E-state index in [1.165, 1.54) is 0 Å². The van der Waals surface area contributed by atoms with Gasteiger partial charge >= 0.3 is 5.97 Å². The van der Waals surface area contributed by atoms with Crippen molar-refractivity contribution in [2.75, 3.05) is 6.54 Å². The molecule has 0 aliphatic heterocycles. The highest BCUT2D eigenvalue weighted by Gasteiger charge is 2.28. The standard InChI is InChI=1S/C15H23NO3/c1-11(9-12-5-7-13(17)8-6-12)16(10-14(18)19)15(2,3)4/h5-8,11,17H,9-10H2,1-4H3,(H,18,19). The van der Waals surface area contributed by atoms with Gasteiger partial charge in [0.25, 0.3) is 0 Å². The van der Waals surface area contributed by atoms with Gasteiger partial charge in [0.05, 0.1) is 6.54 Å². The highest BCUT2D eigenvalue weighted by molar-refractivity contribution is 5.69. The highest BCUT2D eigenvalue weighted by Crippen LogP contribution is 2.20. The third kappa shape index (κ3) is 4.91. The maximum absolute atomic E-state index is 11.0. The Morgan fingerprint density at radius 1 is 1.26 bits per heavy atom. The molecule has 1 aromatic rings. The van der Waals surface area contributed by atoms with Crippen molar-refractivity contribution in [3.63, 3.8) is 0 Å². The van der Waals surface area contributed by atoms with Crippen molar-refractivity contribution in [1.82, 2.24) is 4.90 Å². The van der Waals surface area contributed by atoms with Crippen LogP contribution in [0.25, 0.3) is 0 Å². The number of phenols is 1. The lowest BCUT2D eigenvalue weighted by Crippen LogP contribution is -2.50. The second kappa shape index (κ2) is 6.06. The van der Waals surface area contributed by atoms with Gasteiger partial charge < -0.3 is 10.2 Å². The molecule has 0 fully saturated rings. The zero-order chi connectivity index (χ0) is 14.6. The van der Waals surface area contributed by atoms with Crippen molar-refractivity contribution in [3.05, 3.63) is 29.8 Å². The van der Waals surface area contributed by atoms with Crippen molar-refractivity contribution < 1.29 is 15.0 Å². The van der Waals surface area contributed by atoms with Crippen LogP contribution in [-0.4, -0.2) is 39.2 Å². The van der Waals surface area contributed by atoms with Crippen LogP contribution in [0, 0.1) is 0 Å². The first-order chi connectivity index (χ1) is 8.70. The Kier molecular flexibility index (Phi) is 4.95. The molecule has 1 unspecified atom stereocenters. The number of phenolic OH excluding ortho intramolecular Hbond substituents is 1. The van der Waals surface area contributed by atoms with Gasteiger partial charge in [-0.1, -0.05) is 12.1 Å². The largest absolute Gasteiger partial charge is 0.508 e. The summed E-state index contributed by atoms with van der Waals surface area (Å²) in [6, 6.07) is 7.16. The average molecular weight is 265 g/mol. The molecule has 0 radical (unpaired) electrons. The van der Waals surface area contributed by atoms with E-state index < -0.39 is 5.97 Å². The fourth-order valence-corrected chi connectivity index (χ4v) is 2.28. The fraction of sp³-hybridized carbons (Fsp3) is 0.533. The number of nitrogens with zero attached hydrogens (tertiary/aromatic N) is 1. The molecular weight excluding hydrogens is 242 g/mol. The Balaban J connectivity index is 2.79. The Hall–Kier alpha value is -1.55. The van der Waals surface area contributed by atoms with Crippen LogP contribution < -0.4 is 0 Å². The highest BCUT2D eigenvalue weighted by atomic mass is 16.4. The van der Waals surface area contributed by atoms with Gasteiger partial charge in [-0.25, -0.2) is 0 Å². The van der Waals surface area contributed by atoms with E-state index in [4.69, 9.17) is 5.11 Å². The number of carboxylic acid groups (broad SMARTS) is 1. The molecule has 1 atom stereocenters. The van der Waals surface area contributed by atoms with Crippen LogP contribution >= 0.6 is 0 Å². The molecule has 0 spiro atoms. The van der Waals surface area contributed by atoms with Crippen LogP contribution in [0.2, 0.25) is 0 Å². The van der Waals surface area contributed by atoms with E-state index in [2.05, 4.69) is 0 Å². The maximum Gasteiger partial charge on any atom is 0.317 e. The van der Waals surface area contributed by atoms with Crippen LogP contribution in [0.5, 0.6) is 5.75 Å². The first-order valence-corrected chi connectivity index (χ1v) is 6.46. The predicted octanol–water partition coefficient (Wildman–Crippen LogP) is 2.51. The quantitative estimate of drug-likeness (QED) is 0.858. The first-order valence-electron chi connectivity index (χ1n) is 6.46. The zero-order valence-corrected chi connectivity index (χ0v) is 12.1. The minimum absolute atomic E-state index is 0.0305. The van der Waals surface area contributed by atoms with Crippen LogP contribution in [0.15, 0.2) is 24.3 Å². The number of benzene rings is 1. The summed E-state index contributed by atoms with van der Waals surface area (Å²) in [7, 11) is 0. The molecule has 0 amide bonds. The number of aromatic hydroxyl groups is 1. The Morgan fingerprint density at radius 2 is 1.79 bits per heavy atom. The monoisotopic (exact) mass is 265 g/mol. The summed E-state index contributed by atoms with van der Waals surface area (Å²) in [5.74, 6) is -0.568. The lowest BCUT2D eigenvalue weighted by atomic mass is 9.99. The molecular formula is C15H23NO3. The van der Waals surface area contributed by atoms with Crippen molar-refractivity contribution in [3.8, 4) is 5.75 Å². The summed E-state index contributed by atoms with van der Waals surface area (Å²) >= 11 is 0. The van der Waals surface area contributed by atoms with Gasteiger partial charge in [0, 0.05) is 11.6 Å². The zero-order valence-electron chi connectivity index (χ0n) is 12.1. The SMILES string of the molecule is CC(Cc1ccc(O)cc1)N(CC(=O)O)C(C)(C)C. The Morgan fingerprint density at radius 3 is 2.21 bits per heavy atom. The number of carboxylic acids is 1. The van der Waals surface area contributed by atoms with Crippen molar-refractivity contribution in [2.45, 2.75) is 45.7 Å². The molecule has 0 aliphatic carbocycles. The Labute approximate surface area is 114 Å². The van der Waals surface area contributed by atoms with Gasteiger partial charge in [0.15, 0.2) is 0 Å². The summed E-state index contributed by atoms with van der Waals surface area (Å²) in [6.45, 7) is 8.11. The average Bonchev–Trinajstić information content (AvgIpc) is 2.27. The summed E-state index contributed by atoms with van der Waals surface area (Å²) in [5, 5.41) is 18.3. The van der Waals surface area contributed by atoms with E-state index in [1.807, 2.05) is 44.7 Å². The fourth-order valence-electron chi connectivity index (χ4n) is 2.28. The third-order valence-corrected chi connectivity index (χ3v) is 3.17. The van der Waals surface area contributed by atoms with Crippen LogP contribution in [-0.2, 0) is 11.2 Å². The van der Waals surface area contributed by atoms with Crippen molar-refractivity contribution in [2.24, 2.45) is 0 Å². The molecule has 0 saturated carbocycles. The number of carbonyl (C=O) groups is 1. The molecule has 1 aromatic carbocycles. The molecule has 4 nitrogen and oxygen atoms in total. The molecule has 19 heavy (non-hydrogen) atoms. The van der Waals surface area contributed by atoms with Crippen LogP contribution in [0.3, 0.4) is 0 Å². The molecule has 0 bridgehead atoms. The maximum atomic E-state index is 11.0. The summed E-state index contributed by atoms with van der Waals surface area (Å²) in [6.07, 6.45) is 0.755. The van der Waals surface area contributed by atoms with Gasteiger partial charge in [-0.3, -0.25) is 9.69 Å². The van der Waals surface area contributed by atoms with Crippen LogP contribution in [0.1, 0.15) is 33.3 Å². The second-order valence-corrected chi connectivity index (χ2v) is 5.91. The van der Waals surface area contributed by atoms with E-state index in [1.54, 1.807) is 12.1 Å². The van der Waals surface area contributed by atoms with Gasteiger partial charge in [-0.2, -0.15) is 0 Å². The van der Waals surface area contributed by atoms with Gasteiger partial charge in [-0.05, 0) is 51.8 Å². The molecule has 0 saturated heterocycles. The van der Waals surface area contributed by atoms with E-state index in [-0.39, 0.29) is 23.9 Å². The lowest BCUT2D eigenvalue weighted by molar-refractivity contribution is -0.140. The van der Waals surface area contributed by atoms with Crippen LogP contribution in [0.4, 0.5) is 0 Å². The molecule has 4 heteroatoms. The second-order valence-electron chi connectivity index (χ2n) is 5.91. The lowest BCUT2D eigenvalue weighted by Gasteiger charge is -2.39. The Bertz CT molecular complexity index is 420. The molecule has 1 rings (SSSR count). The van der Waals surface area contributed by atoms with Crippen molar-refractivity contribution in [1.29, 1.82) is 0 Å². The molecule has 106 valence electrons. The van der Waals surface area contributed by atoms with E-state index in [9.17, 15) is 9.90 Å². The third-order valence-electron chi connectivity index (χ3n) is 3.17. The predicted molar refractivity (Wildman–Crippen MR) is 75.4 cm³/mol. The molecule has 0 aromatic heterocycles. The minimum Gasteiger partial charge on any atom is -0.508 e. The molecule has 0 aliphatic rings. The van der Waals surface area contributed by atoms with Gasteiger partial charge in [-0.15, -0.1) is 0 Å². The number of rotatable bonds is 5. The minimum atomic E-state index is -0.813. The number of hydrogen-bond acceptors (Lipinski definition) is 3. The summed E-state index contributed by atoms with van der Waals surface area (Å²) < 4.78 is 0. The number of hydrogen-bond donors (Lipinski definition) is 2. The van der Waals surface area contributed by atoms with Crippen molar-refractivity contribution >= 4 is 5.97 Å². The van der Waals surface area contributed by atoms with Gasteiger partial charge in [0.2, 0.25) is 0 Å². The summed E-state index contributed by atoms with van der Waals surface area (Å²) in [4.78, 5) is 13.0. The normalized spacial score (nSPS) is 13.5. The van der Waals surface area contributed by atoms with E-state index in [0.29, 0.717) is 0 Å². The molecule has 0 heterocycles.